The van der Waals surface area contributed by atoms with Gasteiger partial charge >= 0.3 is 0 Å². The Balaban J connectivity index is 2.96. The Kier molecular flexibility index (Phi) is 1.65. The van der Waals surface area contributed by atoms with E-state index in [1.165, 1.54) is 21.2 Å². The van der Waals surface area contributed by atoms with Crippen LogP contribution in [0.5, 0.6) is 0 Å². The summed E-state index contributed by atoms with van der Waals surface area (Å²) in [7, 11) is 0. The van der Waals surface area contributed by atoms with Crippen LogP contribution in [0.2, 0.25) is 0 Å². The van der Waals surface area contributed by atoms with Crippen molar-refractivity contribution in [1.29, 1.82) is 0 Å². The van der Waals surface area contributed by atoms with Crippen molar-refractivity contribution >= 4 is 21.6 Å². The second-order valence-electron chi connectivity index (χ2n) is 3.15. The summed E-state index contributed by atoms with van der Waals surface area (Å²) in [5.41, 5.74) is 3.89. The maximum Gasteiger partial charge on any atom is 0.0592 e. The fourth-order valence-corrected chi connectivity index (χ4v) is 2.33. The van der Waals surface area contributed by atoms with Crippen LogP contribution >= 0.6 is 11.5 Å². The van der Waals surface area contributed by atoms with Gasteiger partial charge in [0.05, 0.1) is 10.4 Å². The van der Waals surface area contributed by atoms with Crippen LogP contribution in [-0.4, -0.2) is 4.37 Å². The van der Waals surface area contributed by atoms with Crippen molar-refractivity contribution in [1.82, 2.24) is 4.37 Å². The lowest BCUT2D eigenvalue weighted by molar-refractivity contribution is 1.33. The molecule has 0 radical (unpaired) electrons. The van der Waals surface area contributed by atoms with E-state index in [2.05, 4.69) is 37.3 Å². The van der Waals surface area contributed by atoms with Crippen molar-refractivity contribution in [3.8, 4) is 0 Å². The molecule has 0 aliphatic heterocycles. The number of hydrogen-bond acceptors (Lipinski definition) is 2. The molecule has 2 heteroatoms. The lowest BCUT2D eigenvalue weighted by Crippen LogP contribution is -1.81. The lowest BCUT2D eigenvalue weighted by Gasteiger charge is -2.00. The standard InChI is InChI=1S/C10H11NS/c1-6-4-5-9-10(7(6)2)8(3)11-12-9/h4-5H,1-3H3. The molecule has 2 rings (SSSR count). The molecule has 1 aromatic carbocycles. The molecule has 62 valence electrons. The average molecular weight is 177 g/mol. The van der Waals surface area contributed by atoms with Gasteiger partial charge in [0.15, 0.2) is 0 Å². The predicted molar refractivity (Wildman–Crippen MR) is 53.8 cm³/mol. The van der Waals surface area contributed by atoms with Gasteiger partial charge in [0, 0.05) is 5.39 Å². The van der Waals surface area contributed by atoms with E-state index >= 15 is 0 Å². The minimum absolute atomic E-state index is 1.16. The maximum absolute atomic E-state index is 4.34. The number of nitrogens with zero attached hydrogens (tertiary/aromatic N) is 1. The number of benzene rings is 1. The highest BCUT2D eigenvalue weighted by atomic mass is 32.1. The molecule has 0 fully saturated rings. The van der Waals surface area contributed by atoms with Gasteiger partial charge in [-0.05, 0) is 49.5 Å². The van der Waals surface area contributed by atoms with Crippen molar-refractivity contribution in [3.05, 3.63) is 29.0 Å². The van der Waals surface area contributed by atoms with E-state index in [9.17, 15) is 0 Å². The Morgan fingerprint density at radius 3 is 2.67 bits per heavy atom. The normalized spacial score (nSPS) is 10.9. The Bertz CT molecular complexity index is 429. The van der Waals surface area contributed by atoms with E-state index in [0.29, 0.717) is 0 Å². The highest BCUT2D eigenvalue weighted by Crippen LogP contribution is 2.27. The Morgan fingerprint density at radius 2 is 1.92 bits per heavy atom. The van der Waals surface area contributed by atoms with Gasteiger partial charge in [0.1, 0.15) is 0 Å². The first-order valence-electron chi connectivity index (χ1n) is 4.02. The van der Waals surface area contributed by atoms with Gasteiger partial charge in [0.25, 0.3) is 0 Å². The minimum Gasteiger partial charge on any atom is -0.197 e. The third-order valence-electron chi connectivity index (χ3n) is 2.34. The van der Waals surface area contributed by atoms with Crippen LogP contribution in [0.3, 0.4) is 0 Å². The molecule has 1 aromatic heterocycles. The fourth-order valence-electron chi connectivity index (χ4n) is 1.48. The van der Waals surface area contributed by atoms with E-state index < -0.39 is 0 Å². The molecule has 0 unspecified atom stereocenters. The molecule has 1 nitrogen and oxygen atoms in total. The second-order valence-corrected chi connectivity index (χ2v) is 3.95. The zero-order valence-electron chi connectivity index (χ0n) is 7.51. The van der Waals surface area contributed by atoms with Gasteiger partial charge in [-0.2, -0.15) is 4.37 Å². The first-order valence-corrected chi connectivity index (χ1v) is 4.79. The Hall–Kier alpha value is -0.890. The van der Waals surface area contributed by atoms with Gasteiger partial charge in [-0.1, -0.05) is 6.07 Å². The number of fused-ring (bicyclic) bond motifs is 1. The van der Waals surface area contributed by atoms with Crippen LogP contribution in [-0.2, 0) is 0 Å². The smallest absolute Gasteiger partial charge is 0.0592 e. The quantitative estimate of drug-likeness (QED) is 0.602. The molecule has 0 aliphatic carbocycles. The van der Waals surface area contributed by atoms with Crippen molar-refractivity contribution in [3.63, 3.8) is 0 Å². The summed E-state index contributed by atoms with van der Waals surface area (Å²) in [5, 5.41) is 1.35. The summed E-state index contributed by atoms with van der Waals surface area (Å²) in [6.07, 6.45) is 0. The van der Waals surface area contributed by atoms with E-state index in [1.807, 2.05) is 0 Å². The molecule has 0 N–H and O–H groups in total. The van der Waals surface area contributed by atoms with Crippen LogP contribution in [0.15, 0.2) is 12.1 Å². The van der Waals surface area contributed by atoms with Crippen molar-refractivity contribution in [2.45, 2.75) is 20.8 Å². The van der Waals surface area contributed by atoms with Gasteiger partial charge in [-0.25, -0.2) is 0 Å². The molecule has 0 bridgehead atoms. The van der Waals surface area contributed by atoms with Crippen LogP contribution < -0.4 is 0 Å². The maximum atomic E-state index is 4.34. The fraction of sp³-hybridized carbons (Fsp3) is 0.300. The molecule has 2 aromatic rings. The predicted octanol–water partition coefficient (Wildman–Crippen LogP) is 3.22. The molecule has 0 spiro atoms. The van der Waals surface area contributed by atoms with E-state index in [0.717, 1.165) is 5.69 Å². The van der Waals surface area contributed by atoms with Crippen LogP contribution in [0, 0.1) is 20.8 Å². The van der Waals surface area contributed by atoms with Crippen molar-refractivity contribution < 1.29 is 0 Å². The molecule has 0 saturated carbocycles. The zero-order chi connectivity index (χ0) is 8.72. The van der Waals surface area contributed by atoms with Gasteiger partial charge in [-0.3, -0.25) is 0 Å². The second kappa shape index (κ2) is 2.56. The monoisotopic (exact) mass is 177 g/mol. The van der Waals surface area contributed by atoms with Gasteiger partial charge in [-0.15, -0.1) is 0 Å². The molecule has 0 atom stereocenters. The highest BCUT2D eigenvalue weighted by molar-refractivity contribution is 7.13. The molecule has 1 heterocycles. The largest absolute Gasteiger partial charge is 0.197 e. The number of aromatic nitrogens is 1. The van der Waals surface area contributed by atoms with Gasteiger partial charge in [0.2, 0.25) is 0 Å². The Morgan fingerprint density at radius 1 is 1.17 bits per heavy atom. The molecule has 0 saturated heterocycles. The number of rotatable bonds is 0. The third-order valence-corrected chi connectivity index (χ3v) is 3.24. The van der Waals surface area contributed by atoms with Crippen LogP contribution in [0.1, 0.15) is 16.8 Å². The number of hydrogen-bond donors (Lipinski definition) is 0. The summed E-state index contributed by atoms with van der Waals surface area (Å²) in [6, 6.07) is 4.32. The summed E-state index contributed by atoms with van der Waals surface area (Å²) in [5.74, 6) is 0. The minimum atomic E-state index is 1.16. The summed E-state index contributed by atoms with van der Waals surface area (Å²) < 4.78 is 5.64. The molecule has 0 aliphatic rings. The van der Waals surface area contributed by atoms with E-state index in [-0.39, 0.29) is 0 Å². The molecular weight excluding hydrogens is 166 g/mol. The summed E-state index contributed by atoms with van der Waals surface area (Å²) >= 11 is 1.59. The topological polar surface area (TPSA) is 12.9 Å². The first kappa shape index (κ1) is 7.74. The molecule has 0 amide bonds. The zero-order valence-corrected chi connectivity index (χ0v) is 8.33. The molecule has 12 heavy (non-hydrogen) atoms. The first-order chi connectivity index (χ1) is 5.70. The lowest BCUT2D eigenvalue weighted by atomic mass is 10.1. The SMILES string of the molecule is Cc1ccc2snc(C)c2c1C. The third kappa shape index (κ3) is 0.950. The van der Waals surface area contributed by atoms with E-state index in [1.54, 1.807) is 11.5 Å². The highest BCUT2D eigenvalue weighted by Gasteiger charge is 2.05. The molecular formula is C10H11NS. The summed E-state index contributed by atoms with van der Waals surface area (Å²) in [4.78, 5) is 0. The van der Waals surface area contributed by atoms with Gasteiger partial charge < -0.3 is 0 Å². The van der Waals surface area contributed by atoms with Crippen LogP contribution in [0.25, 0.3) is 10.1 Å². The Labute approximate surface area is 76.2 Å². The van der Waals surface area contributed by atoms with Crippen molar-refractivity contribution in [2.75, 3.05) is 0 Å². The average Bonchev–Trinajstić information content (AvgIpc) is 2.41. The van der Waals surface area contributed by atoms with Crippen molar-refractivity contribution in [2.24, 2.45) is 0 Å². The van der Waals surface area contributed by atoms with Crippen LogP contribution in [0.4, 0.5) is 0 Å². The van der Waals surface area contributed by atoms with E-state index in [4.69, 9.17) is 0 Å². The summed E-state index contributed by atoms with van der Waals surface area (Å²) in [6.45, 7) is 6.39. The number of aryl methyl sites for hydroxylation is 3.